The van der Waals surface area contributed by atoms with Gasteiger partial charge in [0, 0.05) is 24.5 Å². The van der Waals surface area contributed by atoms with E-state index in [1.165, 1.54) is 35.7 Å². The van der Waals surface area contributed by atoms with E-state index in [1.807, 2.05) is 37.3 Å². The molecule has 3 unspecified atom stereocenters. The van der Waals surface area contributed by atoms with Crippen LogP contribution in [0.15, 0.2) is 59.5 Å². The van der Waals surface area contributed by atoms with Crippen LogP contribution in [0.4, 0.5) is 5.82 Å². The van der Waals surface area contributed by atoms with Crippen LogP contribution in [0.3, 0.4) is 0 Å². The number of nitrogens with one attached hydrogen (secondary N) is 1. The maximum Gasteiger partial charge on any atom is 0.459 e. The highest BCUT2D eigenvalue weighted by molar-refractivity contribution is 7.99. The highest BCUT2D eigenvalue weighted by atomic mass is 32.2. The van der Waals surface area contributed by atoms with Crippen molar-refractivity contribution in [3.05, 3.63) is 65.2 Å². The Hall–Kier alpha value is -2.89. The van der Waals surface area contributed by atoms with Crippen LogP contribution in [0, 0.1) is 0 Å². The number of hydrogen-bond acceptors (Lipinski definition) is 10. The Labute approximate surface area is 212 Å². The predicted octanol–water partition coefficient (Wildman–Crippen LogP) is 2.95. The Morgan fingerprint density at radius 3 is 2.69 bits per heavy atom. The zero-order chi connectivity index (χ0) is 26.1. The number of nitrogens with two attached hydrogens (primary N) is 1. The van der Waals surface area contributed by atoms with Crippen LogP contribution in [-0.4, -0.2) is 52.7 Å². The molecule has 0 aliphatic rings. The molecule has 0 aliphatic carbocycles. The molecule has 0 fully saturated rings. The van der Waals surface area contributed by atoms with Crippen molar-refractivity contribution in [2.24, 2.45) is 0 Å². The summed E-state index contributed by atoms with van der Waals surface area (Å²) in [4.78, 5) is 27.6. The lowest BCUT2D eigenvalue weighted by Crippen LogP contribution is -2.28. The third-order valence-electron chi connectivity index (χ3n) is 5.00. The van der Waals surface area contributed by atoms with E-state index in [9.17, 15) is 19.3 Å². The molecule has 1 aromatic heterocycles. The van der Waals surface area contributed by atoms with E-state index in [0.717, 1.165) is 10.8 Å². The average molecular weight is 537 g/mol. The van der Waals surface area contributed by atoms with Gasteiger partial charge in [0.25, 0.3) is 0 Å². The van der Waals surface area contributed by atoms with Crippen molar-refractivity contribution in [1.82, 2.24) is 14.6 Å². The van der Waals surface area contributed by atoms with Crippen molar-refractivity contribution in [3.63, 3.8) is 0 Å². The normalized spacial score (nSPS) is 14.6. The molecule has 11 nitrogen and oxygen atoms in total. The van der Waals surface area contributed by atoms with Crippen LogP contribution in [0.25, 0.3) is 10.8 Å². The van der Waals surface area contributed by atoms with Gasteiger partial charge in [-0.05, 0) is 29.0 Å². The van der Waals surface area contributed by atoms with E-state index in [-0.39, 0.29) is 37.2 Å². The molecule has 0 saturated heterocycles. The first kappa shape index (κ1) is 27.7. The molecular weight excluding hydrogens is 507 g/mol. The number of benzene rings is 2. The fourth-order valence-electron chi connectivity index (χ4n) is 3.24. The summed E-state index contributed by atoms with van der Waals surface area (Å²) < 4.78 is 30.9. The summed E-state index contributed by atoms with van der Waals surface area (Å²) in [6.07, 6.45) is 1.78. The standard InChI is InChI=1S/C23H29N4O7PS/c1-16(36-21(10-12-28)27-11-9-20(24)26-23(27)30)15-33-35(31,25-14-22(29)32-2)34-19-8-7-17-5-3-4-6-18(17)13-19/h3-9,11,13,16,21,28H,10,12,14-15H2,1-2H3,(H,25,31)(H2,24,26,30). The molecule has 36 heavy (non-hydrogen) atoms. The Balaban J connectivity index is 1.73. The van der Waals surface area contributed by atoms with Crippen LogP contribution in [0.1, 0.15) is 18.7 Å². The van der Waals surface area contributed by atoms with Crippen molar-refractivity contribution >= 4 is 42.1 Å². The van der Waals surface area contributed by atoms with Gasteiger partial charge in [-0.25, -0.2) is 14.4 Å². The van der Waals surface area contributed by atoms with E-state index in [1.54, 1.807) is 12.1 Å². The maximum absolute atomic E-state index is 13.5. The van der Waals surface area contributed by atoms with Gasteiger partial charge >= 0.3 is 19.4 Å². The SMILES string of the molecule is COC(=O)CNP(=O)(OCC(C)SC(CCO)n1ccc(N)nc1=O)Oc1ccc2ccccc2c1. The van der Waals surface area contributed by atoms with E-state index < -0.39 is 24.8 Å². The lowest BCUT2D eigenvalue weighted by molar-refractivity contribution is -0.139. The lowest BCUT2D eigenvalue weighted by atomic mass is 10.1. The van der Waals surface area contributed by atoms with Crippen molar-refractivity contribution in [2.75, 3.05) is 32.6 Å². The fraction of sp³-hybridized carbons (Fsp3) is 0.348. The summed E-state index contributed by atoms with van der Waals surface area (Å²) in [5.74, 6) is -0.238. The molecule has 4 N–H and O–H groups in total. The van der Waals surface area contributed by atoms with Gasteiger partial charge in [0.15, 0.2) is 0 Å². The van der Waals surface area contributed by atoms with Gasteiger partial charge in [-0.15, -0.1) is 11.8 Å². The molecule has 194 valence electrons. The highest BCUT2D eigenvalue weighted by Gasteiger charge is 2.29. The first-order valence-corrected chi connectivity index (χ1v) is 13.6. The van der Waals surface area contributed by atoms with Gasteiger partial charge in [0.1, 0.15) is 18.1 Å². The molecule has 1 heterocycles. The van der Waals surface area contributed by atoms with Gasteiger partial charge in [-0.2, -0.15) is 4.98 Å². The summed E-state index contributed by atoms with van der Waals surface area (Å²) in [6.45, 7) is 1.21. The molecule has 0 saturated carbocycles. The zero-order valence-electron chi connectivity index (χ0n) is 19.9. The number of nitrogens with zero attached hydrogens (tertiary/aromatic N) is 2. The summed E-state index contributed by atoms with van der Waals surface area (Å²) in [5.41, 5.74) is 5.02. The molecular formula is C23H29N4O7PS. The topological polar surface area (TPSA) is 155 Å². The van der Waals surface area contributed by atoms with Crippen LogP contribution in [0.2, 0.25) is 0 Å². The molecule has 0 amide bonds. The lowest BCUT2D eigenvalue weighted by Gasteiger charge is -2.24. The van der Waals surface area contributed by atoms with E-state index in [4.69, 9.17) is 14.8 Å². The quantitative estimate of drug-likeness (QED) is 0.218. The number of anilines is 1. The van der Waals surface area contributed by atoms with Gasteiger partial charge in [-0.3, -0.25) is 13.9 Å². The van der Waals surface area contributed by atoms with Gasteiger partial charge < -0.3 is 20.1 Å². The molecule has 0 radical (unpaired) electrons. The number of thioether (sulfide) groups is 1. The third kappa shape index (κ3) is 7.81. The Bertz CT molecular complexity index is 1290. The monoisotopic (exact) mass is 536 g/mol. The molecule has 3 aromatic rings. The van der Waals surface area contributed by atoms with Crippen molar-refractivity contribution in [3.8, 4) is 5.75 Å². The summed E-state index contributed by atoms with van der Waals surface area (Å²) >= 11 is 1.32. The Morgan fingerprint density at radius 1 is 1.25 bits per heavy atom. The number of ether oxygens (including phenoxy) is 1. The molecule has 3 atom stereocenters. The van der Waals surface area contributed by atoms with Crippen LogP contribution in [0.5, 0.6) is 5.75 Å². The summed E-state index contributed by atoms with van der Waals surface area (Å²) in [6, 6.07) is 14.3. The minimum atomic E-state index is -4.00. The van der Waals surface area contributed by atoms with E-state index >= 15 is 0 Å². The largest absolute Gasteiger partial charge is 0.468 e. The molecule has 3 rings (SSSR count). The number of esters is 1. The molecule has 0 aliphatic heterocycles. The summed E-state index contributed by atoms with van der Waals surface area (Å²) in [7, 11) is -2.78. The number of methoxy groups -OCH3 is 1. The number of fused-ring (bicyclic) bond motifs is 1. The smallest absolute Gasteiger partial charge is 0.459 e. The Kier molecular flexibility index (Phi) is 9.91. The predicted molar refractivity (Wildman–Crippen MR) is 139 cm³/mol. The molecule has 0 bridgehead atoms. The number of rotatable bonds is 13. The first-order chi connectivity index (χ1) is 17.2. The van der Waals surface area contributed by atoms with Gasteiger partial charge in [0.05, 0.1) is 19.1 Å². The van der Waals surface area contributed by atoms with Crippen molar-refractivity contribution in [1.29, 1.82) is 0 Å². The number of aliphatic hydroxyl groups is 1. The minimum Gasteiger partial charge on any atom is -0.468 e. The first-order valence-electron chi connectivity index (χ1n) is 11.1. The zero-order valence-corrected chi connectivity index (χ0v) is 21.6. The number of aliphatic hydroxyl groups excluding tert-OH is 1. The van der Waals surface area contributed by atoms with Gasteiger partial charge in [0.2, 0.25) is 0 Å². The number of hydrogen-bond donors (Lipinski definition) is 3. The van der Waals surface area contributed by atoms with Crippen molar-refractivity contribution in [2.45, 2.75) is 24.0 Å². The Morgan fingerprint density at radius 2 is 2.00 bits per heavy atom. The van der Waals surface area contributed by atoms with Crippen molar-refractivity contribution < 1.29 is 28.3 Å². The molecule has 13 heteroatoms. The van der Waals surface area contributed by atoms with Gasteiger partial charge in [-0.1, -0.05) is 37.3 Å². The highest BCUT2D eigenvalue weighted by Crippen LogP contribution is 2.45. The van der Waals surface area contributed by atoms with Crippen LogP contribution in [-0.2, 0) is 18.6 Å². The average Bonchev–Trinajstić information content (AvgIpc) is 2.86. The second-order valence-corrected chi connectivity index (χ2v) is 11.1. The van der Waals surface area contributed by atoms with E-state index in [2.05, 4.69) is 14.8 Å². The second-order valence-electron chi connectivity index (χ2n) is 7.76. The van der Waals surface area contributed by atoms with Crippen LogP contribution >= 0.6 is 19.5 Å². The fourth-order valence-corrected chi connectivity index (χ4v) is 5.90. The van der Waals surface area contributed by atoms with E-state index in [0.29, 0.717) is 5.75 Å². The third-order valence-corrected chi connectivity index (χ3v) is 7.86. The number of aromatic nitrogens is 2. The van der Waals surface area contributed by atoms with Crippen LogP contribution < -0.4 is 21.0 Å². The molecule has 0 spiro atoms. The molecule has 2 aromatic carbocycles. The maximum atomic E-state index is 13.5. The number of nitrogen functional groups attached to an aromatic ring is 1. The second kappa shape index (κ2) is 12.9. The number of carbonyl (C=O) groups is 1. The minimum absolute atomic E-state index is 0.0528. The number of carbonyl (C=O) groups excluding carboxylic acids is 1. The summed E-state index contributed by atoms with van der Waals surface area (Å²) in [5, 5.41) is 13.1.